The van der Waals surface area contributed by atoms with Crippen LogP contribution in [0, 0.1) is 22.7 Å². The first kappa shape index (κ1) is 26.6. The fourth-order valence-corrected chi connectivity index (χ4v) is 5.49. The van der Waals surface area contributed by atoms with Crippen molar-refractivity contribution in [3.63, 3.8) is 0 Å². The molecule has 1 saturated heterocycles. The molecule has 3 aromatic carbocycles. The summed E-state index contributed by atoms with van der Waals surface area (Å²) in [6.45, 7) is 1.04. The average Bonchev–Trinajstić information content (AvgIpc) is 2.92. The summed E-state index contributed by atoms with van der Waals surface area (Å²) in [6.07, 6.45) is -0.0410. The fourth-order valence-electron chi connectivity index (χ4n) is 4.98. The summed E-state index contributed by atoms with van der Waals surface area (Å²) in [6, 6.07) is 21.1. The van der Waals surface area contributed by atoms with Gasteiger partial charge in [0.25, 0.3) is 0 Å². The first-order chi connectivity index (χ1) is 17.9. The number of phenols is 1. The minimum absolute atomic E-state index is 0.0876. The molecule has 4 rings (SSSR count). The molecule has 9 heteroatoms. The molecule has 190 valence electrons. The Balaban J connectivity index is 1.93. The van der Waals surface area contributed by atoms with E-state index in [4.69, 9.17) is 32.7 Å². The van der Waals surface area contributed by atoms with Gasteiger partial charge in [0.1, 0.15) is 29.3 Å². The molecule has 1 fully saturated rings. The van der Waals surface area contributed by atoms with E-state index in [1.165, 1.54) is 6.07 Å². The van der Waals surface area contributed by atoms with E-state index >= 15 is 0 Å². The zero-order valence-electron chi connectivity index (χ0n) is 20.4. The summed E-state index contributed by atoms with van der Waals surface area (Å²) in [5, 5.41) is 32.3. The smallest absolute Gasteiger partial charge is 0.140 e. The Hall–Kier alpha value is -3.46. The van der Waals surface area contributed by atoms with Gasteiger partial charge in [-0.15, -0.1) is 0 Å². The van der Waals surface area contributed by atoms with Gasteiger partial charge in [0, 0.05) is 34.8 Å². The Morgan fingerprint density at radius 1 is 0.865 bits per heavy atom. The molecule has 0 amide bonds. The van der Waals surface area contributed by atoms with Crippen LogP contribution in [0.15, 0.2) is 60.7 Å². The highest BCUT2D eigenvalue weighted by molar-refractivity contribution is 6.35. The molecule has 1 aliphatic heterocycles. The Labute approximate surface area is 226 Å². The summed E-state index contributed by atoms with van der Waals surface area (Å²) in [5.41, 5.74) is 1.76. The molecule has 1 unspecified atom stereocenters. The lowest BCUT2D eigenvalue weighted by molar-refractivity contribution is -0.0304. The third-order valence-corrected chi connectivity index (χ3v) is 7.08. The fraction of sp³-hybridized carbons (Fsp3) is 0.286. The van der Waals surface area contributed by atoms with Gasteiger partial charge >= 0.3 is 0 Å². The van der Waals surface area contributed by atoms with Crippen LogP contribution in [-0.4, -0.2) is 42.2 Å². The standard InChI is InChI=1S/C28H26Cl2N4O3/c1-36-25-10-5-3-8-19(25)23(16-31)33-12-7-13-34(24(17-32)20-9-4-6-11-26(20)37-2)28(33)21-14-18(29)15-22(30)27(21)35/h3-6,8-11,14-15,23-24,28,35H,7,12-13H2,1-2H3/t23-,24+,28?. The Morgan fingerprint density at radius 3 is 1.81 bits per heavy atom. The summed E-state index contributed by atoms with van der Waals surface area (Å²) in [7, 11) is 3.12. The van der Waals surface area contributed by atoms with Crippen LogP contribution in [0.3, 0.4) is 0 Å². The highest BCUT2D eigenvalue weighted by Gasteiger charge is 2.42. The topological polar surface area (TPSA) is 92.8 Å². The van der Waals surface area contributed by atoms with Crippen molar-refractivity contribution in [2.24, 2.45) is 0 Å². The number of benzene rings is 3. The van der Waals surface area contributed by atoms with Crippen LogP contribution >= 0.6 is 23.2 Å². The van der Waals surface area contributed by atoms with Crippen LogP contribution in [0.1, 0.15) is 41.4 Å². The maximum atomic E-state index is 11.1. The Bertz CT molecular complexity index is 1280. The van der Waals surface area contributed by atoms with Crippen molar-refractivity contribution in [2.75, 3.05) is 27.3 Å². The quantitative estimate of drug-likeness (QED) is 0.381. The summed E-state index contributed by atoms with van der Waals surface area (Å²) >= 11 is 12.7. The van der Waals surface area contributed by atoms with E-state index in [0.717, 1.165) is 0 Å². The number of nitriles is 2. The van der Waals surface area contributed by atoms with Gasteiger partial charge in [-0.25, -0.2) is 0 Å². The summed E-state index contributed by atoms with van der Waals surface area (Å²) in [4.78, 5) is 3.89. The molecule has 0 spiro atoms. The molecule has 0 saturated carbocycles. The molecule has 0 aliphatic carbocycles. The number of aromatic hydroxyl groups is 1. The summed E-state index contributed by atoms with van der Waals surface area (Å²) < 4.78 is 11.1. The lowest BCUT2D eigenvalue weighted by Crippen LogP contribution is -2.50. The molecule has 0 aromatic heterocycles. The molecule has 1 aliphatic rings. The maximum Gasteiger partial charge on any atom is 0.140 e. The SMILES string of the molecule is COc1ccccc1[C@@H](C#N)N1CCCN([C@@H](C#N)c2ccccc2OC)C1c1cc(Cl)cc(Cl)c1O. The van der Waals surface area contributed by atoms with Crippen LogP contribution in [0.4, 0.5) is 0 Å². The van der Waals surface area contributed by atoms with Gasteiger partial charge < -0.3 is 14.6 Å². The van der Waals surface area contributed by atoms with Crippen molar-refractivity contribution in [1.82, 2.24) is 9.80 Å². The minimum Gasteiger partial charge on any atom is -0.506 e. The van der Waals surface area contributed by atoms with E-state index in [9.17, 15) is 15.6 Å². The molecule has 3 atom stereocenters. The van der Waals surface area contributed by atoms with Crippen LogP contribution in [0.2, 0.25) is 10.0 Å². The number of phenolic OH excluding ortho intramolecular Hbond substituents is 1. The average molecular weight is 537 g/mol. The van der Waals surface area contributed by atoms with E-state index in [0.29, 0.717) is 52.7 Å². The Kier molecular flexibility index (Phi) is 8.43. The van der Waals surface area contributed by atoms with Gasteiger partial charge in [-0.2, -0.15) is 10.5 Å². The first-order valence-corrected chi connectivity index (χ1v) is 12.4. The van der Waals surface area contributed by atoms with E-state index in [2.05, 4.69) is 12.1 Å². The second kappa shape index (κ2) is 11.7. The number of ether oxygens (including phenoxy) is 2. The van der Waals surface area contributed by atoms with Crippen molar-refractivity contribution < 1.29 is 14.6 Å². The lowest BCUT2D eigenvalue weighted by atomic mass is 9.96. The third-order valence-electron chi connectivity index (χ3n) is 6.57. The van der Waals surface area contributed by atoms with E-state index in [-0.39, 0.29) is 10.8 Å². The van der Waals surface area contributed by atoms with Crippen molar-refractivity contribution in [1.29, 1.82) is 10.5 Å². The second-order valence-corrected chi connectivity index (χ2v) is 9.42. The van der Waals surface area contributed by atoms with Gasteiger partial charge in [0.2, 0.25) is 0 Å². The predicted octanol–water partition coefficient (Wildman–Crippen LogP) is 6.25. The highest BCUT2D eigenvalue weighted by atomic mass is 35.5. The normalized spacial score (nSPS) is 17.8. The van der Waals surface area contributed by atoms with Crippen LogP contribution in [0.25, 0.3) is 0 Å². The van der Waals surface area contributed by atoms with E-state index < -0.39 is 18.2 Å². The number of rotatable bonds is 7. The zero-order chi connectivity index (χ0) is 26.5. The minimum atomic E-state index is -0.752. The molecule has 0 bridgehead atoms. The maximum absolute atomic E-state index is 11.1. The molecule has 7 nitrogen and oxygen atoms in total. The monoisotopic (exact) mass is 536 g/mol. The molecule has 3 aromatic rings. The number of nitrogens with zero attached hydrogens (tertiary/aromatic N) is 4. The van der Waals surface area contributed by atoms with Crippen LogP contribution in [0.5, 0.6) is 17.2 Å². The largest absolute Gasteiger partial charge is 0.506 e. The predicted molar refractivity (Wildman–Crippen MR) is 142 cm³/mol. The number of halogens is 2. The number of para-hydroxylation sites is 2. The van der Waals surface area contributed by atoms with Crippen LogP contribution in [-0.2, 0) is 0 Å². The Morgan fingerprint density at radius 2 is 1.35 bits per heavy atom. The van der Waals surface area contributed by atoms with E-state index in [1.807, 2.05) is 46.2 Å². The number of hydrogen-bond acceptors (Lipinski definition) is 7. The van der Waals surface area contributed by atoms with Crippen molar-refractivity contribution in [3.05, 3.63) is 87.4 Å². The van der Waals surface area contributed by atoms with Crippen LogP contribution < -0.4 is 9.47 Å². The van der Waals surface area contributed by atoms with E-state index in [1.54, 1.807) is 32.4 Å². The lowest BCUT2D eigenvalue weighted by Gasteiger charge is -2.47. The van der Waals surface area contributed by atoms with Crippen molar-refractivity contribution in [3.8, 4) is 29.4 Å². The van der Waals surface area contributed by atoms with Gasteiger partial charge in [0.15, 0.2) is 0 Å². The number of hydrogen-bond donors (Lipinski definition) is 1. The first-order valence-electron chi connectivity index (χ1n) is 11.7. The second-order valence-electron chi connectivity index (χ2n) is 8.58. The molecule has 37 heavy (non-hydrogen) atoms. The zero-order valence-corrected chi connectivity index (χ0v) is 21.9. The van der Waals surface area contributed by atoms with Gasteiger partial charge in [0.05, 0.1) is 37.5 Å². The van der Waals surface area contributed by atoms with Crippen molar-refractivity contribution >= 4 is 23.2 Å². The highest BCUT2D eigenvalue weighted by Crippen LogP contribution is 2.47. The van der Waals surface area contributed by atoms with Gasteiger partial charge in [-0.1, -0.05) is 59.6 Å². The molecule has 0 radical (unpaired) electrons. The molecule has 1 heterocycles. The molecular formula is C28H26Cl2N4O3. The molecular weight excluding hydrogens is 511 g/mol. The van der Waals surface area contributed by atoms with Crippen molar-refractivity contribution in [2.45, 2.75) is 24.7 Å². The third kappa shape index (κ3) is 5.18. The summed E-state index contributed by atoms with van der Waals surface area (Å²) in [5.74, 6) is 0.987. The molecule has 1 N–H and O–H groups in total. The van der Waals surface area contributed by atoms with Gasteiger partial charge in [-0.3, -0.25) is 9.80 Å². The number of methoxy groups -OCH3 is 2. The van der Waals surface area contributed by atoms with Gasteiger partial charge in [-0.05, 0) is 30.7 Å².